The number of ether oxygens (including phenoxy) is 5. The highest BCUT2D eigenvalue weighted by molar-refractivity contribution is 5.96. The number of benzene rings is 2. The summed E-state index contributed by atoms with van der Waals surface area (Å²) in [4.78, 5) is 26.2. The molecule has 2 heterocycles. The Labute approximate surface area is 196 Å². The van der Waals surface area contributed by atoms with Crippen LogP contribution >= 0.6 is 0 Å². The molecule has 0 radical (unpaired) electrons. The van der Waals surface area contributed by atoms with Gasteiger partial charge in [0.15, 0.2) is 17.6 Å². The molecule has 0 unspecified atom stereocenters. The first-order chi connectivity index (χ1) is 16.4. The fourth-order valence-electron chi connectivity index (χ4n) is 4.04. The molecule has 3 aromatic rings. The highest BCUT2D eigenvalue weighted by atomic mass is 16.5. The van der Waals surface area contributed by atoms with Crippen molar-refractivity contribution in [1.29, 1.82) is 0 Å². The Morgan fingerprint density at radius 2 is 1.56 bits per heavy atom. The minimum atomic E-state index is -1.05. The fourth-order valence-corrected chi connectivity index (χ4v) is 4.04. The number of rotatable bonds is 7. The average Bonchev–Trinajstić information content (AvgIpc) is 3.23. The van der Waals surface area contributed by atoms with Gasteiger partial charge in [0.25, 0.3) is 5.91 Å². The second kappa shape index (κ2) is 9.38. The number of fused-ring (bicyclic) bond motifs is 1. The lowest BCUT2D eigenvalue weighted by Crippen LogP contribution is -2.35. The van der Waals surface area contributed by atoms with E-state index < -0.39 is 23.6 Å². The quantitative estimate of drug-likeness (QED) is 0.563. The third-order valence-corrected chi connectivity index (χ3v) is 5.60. The number of carbonyl (C=O) groups is 1. The first-order valence-corrected chi connectivity index (χ1v) is 10.5. The van der Waals surface area contributed by atoms with Crippen molar-refractivity contribution >= 4 is 11.6 Å². The number of anilines is 1. The molecule has 0 bridgehead atoms. The van der Waals surface area contributed by atoms with Crippen LogP contribution in [0, 0.1) is 6.92 Å². The smallest absolute Gasteiger partial charge is 0.343 e. The van der Waals surface area contributed by atoms with Gasteiger partial charge in [-0.2, -0.15) is 0 Å². The molecule has 9 heteroatoms. The topological polar surface area (TPSA) is 105 Å². The van der Waals surface area contributed by atoms with E-state index in [2.05, 4.69) is 5.32 Å². The summed E-state index contributed by atoms with van der Waals surface area (Å²) in [5, 5.41) is 2.84. The van der Waals surface area contributed by atoms with E-state index in [1.54, 1.807) is 56.5 Å². The summed E-state index contributed by atoms with van der Waals surface area (Å²) in [5.41, 5.74) is 0.791. The molecule has 2 aromatic carbocycles. The molecule has 1 aliphatic heterocycles. The Bertz CT molecular complexity index is 1240. The lowest BCUT2D eigenvalue weighted by Gasteiger charge is -2.21. The van der Waals surface area contributed by atoms with Crippen LogP contribution in [0.2, 0.25) is 0 Å². The Balaban J connectivity index is 1.80. The van der Waals surface area contributed by atoms with Gasteiger partial charge in [0, 0.05) is 11.8 Å². The molecular weight excluding hydrogens is 442 g/mol. The molecule has 0 saturated heterocycles. The van der Waals surface area contributed by atoms with E-state index in [9.17, 15) is 9.59 Å². The van der Waals surface area contributed by atoms with Gasteiger partial charge >= 0.3 is 5.63 Å². The minimum absolute atomic E-state index is 0.245. The Hall–Kier alpha value is -4.14. The molecule has 2 atom stereocenters. The van der Waals surface area contributed by atoms with Crippen molar-refractivity contribution in [2.24, 2.45) is 0 Å². The van der Waals surface area contributed by atoms with E-state index in [0.717, 1.165) is 0 Å². The largest absolute Gasteiger partial charge is 0.497 e. The average molecular weight is 467 g/mol. The Morgan fingerprint density at radius 3 is 2.12 bits per heavy atom. The zero-order chi connectivity index (χ0) is 24.4. The SMILES string of the molecule is COc1ccc(NC(=O)[C@@H]2Oc3cc(C)oc(=O)c3[C@H]2c2cc(OC)c(OC)c(OC)c2)cc1. The molecule has 0 spiro atoms. The first-order valence-electron chi connectivity index (χ1n) is 10.5. The summed E-state index contributed by atoms with van der Waals surface area (Å²) in [7, 11) is 6.04. The maximum atomic E-state index is 13.4. The van der Waals surface area contributed by atoms with Crippen LogP contribution in [0.3, 0.4) is 0 Å². The van der Waals surface area contributed by atoms with E-state index >= 15 is 0 Å². The van der Waals surface area contributed by atoms with Crippen molar-refractivity contribution in [3.05, 3.63) is 69.8 Å². The van der Waals surface area contributed by atoms with E-state index in [4.69, 9.17) is 28.1 Å². The molecule has 4 rings (SSSR count). The van der Waals surface area contributed by atoms with E-state index in [-0.39, 0.29) is 5.56 Å². The highest BCUT2D eigenvalue weighted by Crippen LogP contribution is 2.46. The summed E-state index contributed by atoms with van der Waals surface area (Å²) in [6, 6.07) is 11.9. The van der Waals surface area contributed by atoms with Crippen LogP contribution in [-0.4, -0.2) is 40.5 Å². The summed E-state index contributed by atoms with van der Waals surface area (Å²) in [6.07, 6.45) is -1.05. The second-order valence-corrected chi connectivity index (χ2v) is 7.61. The zero-order valence-corrected chi connectivity index (χ0v) is 19.5. The summed E-state index contributed by atoms with van der Waals surface area (Å²) in [5.74, 6) is 1.28. The molecule has 178 valence electrons. The molecule has 1 aromatic heterocycles. The maximum absolute atomic E-state index is 13.4. The summed E-state index contributed by atoms with van der Waals surface area (Å²) < 4.78 is 32.8. The van der Waals surface area contributed by atoms with Crippen LogP contribution < -0.4 is 34.6 Å². The lowest BCUT2D eigenvalue weighted by atomic mass is 9.88. The van der Waals surface area contributed by atoms with Gasteiger partial charge in [0.2, 0.25) is 5.75 Å². The minimum Gasteiger partial charge on any atom is -0.497 e. The molecule has 0 saturated carbocycles. The van der Waals surface area contributed by atoms with Crippen LogP contribution in [0.5, 0.6) is 28.7 Å². The third-order valence-electron chi connectivity index (χ3n) is 5.60. The van der Waals surface area contributed by atoms with Crippen molar-refractivity contribution in [3.63, 3.8) is 0 Å². The van der Waals surface area contributed by atoms with Gasteiger partial charge < -0.3 is 33.4 Å². The fraction of sp³-hybridized carbons (Fsp3) is 0.280. The van der Waals surface area contributed by atoms with E-state index in [1.807, 2.05) is 0 Å². The number of methoxy groups -OCH3 is 4. The molecule has 1 amide bonds. The van der Waals surface area contributed by atoms with Gasteiger partial charge in [-0.25, -0.2) is 4.79 Å². The van der Waals surface area contributed by atoms with Crippen molar-refractivity contribution < 1.29 is 32.9 Å². The summed E-state index contributed by atoms with van der Waals surface area (Å²) in [6.45, 7) is 1.64. The van der Waals surface area contributed by atoms with Crippen molar-refractivity contribution in [2.45, 2.75) is 18.9 Å². The van der Waals surface area contributed by atoms with Gasteiger partial charge in [-0.15, -0.1) is 0 Å². The lowest BCUT2D eigenvalue weighted by molar-refractivity contribution is -0.122. The van der Waals surface area contributed by atoms with Crippen LogP contribution in [0.1, 0.15) is 22.8 Å². The van der Waals surface area contributed by atoms with Gasteiger partial charge in [0.1, 0.15) is 17.3 Å². The Kier molecular flexibility index (Phi) is 6.36. The van der Waals surface area contributed by atoms with E-state index in [1.165, 1.54) is 21.3 Å². The van der Waals surface area contributed by atoms with Crippen LogP contribution in [-0.2, 0) is 4.79 Å². The van der Waals surface area contributed by atoms with Gasteiger partial charge in [0.05, 0.1) is 39.9 Å². The number of amides is 1. The van der Waals surface area contributed by atoms with Crippen molar-refractivity contribution in [3.8, 4) is 28.7 Å². The molecule has 9 nitrogen and oxygen atoms in total. The number of hydrogen-bond acceptors (Lipinski definition) is 8. The third kappa shape index (κ3) is 4.12. The predicted molar refractivity (Wildman–Crippen MR) is 124 cm³/mol. The molecule has 1 N–H and O–H groups in total. The van der Waals surface area contributed by atoms with Gasteiger partial charge in [-0.3, -0.25) is 4.79 Å². The molecule has 34 heavy (non-hydrogen) atoms. The van der Waals surface area contributed by atoms with Crippen LogP contribution in [0.15, 0.2) is 51.7 Å². The van der Waals surface area contributed by atoms with Crippen LogP contribution in [0.25, 0.3) is 0 Å². The highest BCUT2D eigenvalue weighted by Gasteiger charge is 2.44. The molecule has 0 fully saturated rings. The first kappa shape index (κ1) is 23.0. The van der Waals surface area contributed by atoms with Crippen molar-refractivity contribution in [1.82, 2.24) is 0 Å². The summed E-state index contributed by atoms with van der Waals surface area (Å²) >= 11 is 0. The van der Waals surface area contributed by atoms with E-state index in [0.29, 0.717) is 45.8 Å². The maximum Gasteiger partial charge on any atom is 0.343 e. The number of hydrogen-bond donors (Lipinski definition) is 1. The number of nitrogens with one attached hydrogen (secondary N) is 1. The standard InChI is InChI=1S/C25H25NO8/c1-13-10-17-21(25(28)33-13)20(14-11-18(30-3)22(32-5)19(12-14)31-4)23(34-17)24(27)26-15-6-8-16(29-2)9-7-15/h6-12,20,23H,1-5H3,(H,26,27)/t20-,23-/m1/s1. The zero-order valence-electron chi connectivity index (χ0n) is 19.5. The van der Waals surface area contributed by atoms with Gasteiger partial charge in [-0.1, -0.05) is 0 Å². The second-order valence-electron chi connectivity index (χ2n) is 7.61. The van der Waals surface area contributed by atoms with Crippen LogP contribution in [0.4, 0.5) is 5.69 Å². The molecular formula is C25H25NO8. The van der Waals surface area contributed by atoms with Gasteiger partial charge in [-0.05, 0) is 48.9 Å². The predicted octanol–water partition coefficient (Wildman–Crippen LogP) is 3.51. The van der Waals surface area contributed by atoms with Crippen molar-refractivity contribution in [2.75, 3.05) is 33.8 Å². The number of carbonyl (C=O) groups excluding carboxylic acids is 1. The normalized spacial score (nSPS) is 16.3. The molecule has 1 aliphatic rings. The molecule has 0 aliphatic carbocycles. The number of aryl methyl sites for hydroxylation is 1. The Morgan fingerprint density at radius 1 is 0.912 bits per heavy atom. The monoisotopic (exact) mass is 467 g/mol.